The summed E-state index contributed by atoms with van der Waals surface area (Å²) in [7, 11) is 3.89. The Morgan fingerprint density at radius 3 is 2.50 bits per heavy atom. The fourth-order valence-electron chi connectivity index (χ4n) is 3.09. The maximum absolute atomic E-state index is 8.89. The first-order valence-corrected chi connectivity index (χ1v) is 9.59. The molecule has 0 saturated heterocycles. The molecule has 0 atom stereocenters. The first-order valence-electron chi connectivity index (χ1n) is 9.59. The summed E-state index contributed by atoms with van der Waals surface area (Å²) in [5, 5.41) is 21.9. The number of para-hydroxylation sites is 1. The number of hydrogen-bond donors (Lipinski definition) is 1. The number of anilines is 2. The average molecular weight is 403 g/mol. The summed E-state index contributed by atoms with van der Waals surface area (Å²) >= 11 is 0. The van der Waals surface area contributed by atoms with Crippen molar-refractivity contribution in [2.24, 2.45) is 17.4 Å². The maximum atomic E-state index is 8.89. The van der Waals surface area contributed by atoms with Crippen LogP contribution in [0.2, 0.25) is 0 Å². The van der Waals surface area contributed by atoms with Crippen molar-refractivity contribution in [2.45, 2.75) is 0 Å². The minimum absolute atomic E-state index is 0.0333. The number of rotatable bonds is 7. The molecule has 152 valence electrons. The molecule has 1 heterocycles. The van der Waals surface area contributed by atoms with Gasteiger partial charge >= 0.3 is 0 Å². The molecule has 0 saturated carbocycles. The van der Waals surface area contributed by atoms with Gasteiger partial charge in [-0.25, -0.2) is 0 Å². The van der Waals surface area contributed by atoms with Crippen molar-refractivity contribution in [2.75, 3.05) is 25.2 Å². The molecular weight excluding hydrogens is 380 g/mol. The number of fused-ring (bicyclic) bond motifs is 1. The molecule has 4 aromatic rings. The normalized spacial score (nSPS) is 11.3. The van der Waals surface area contributed by atoms with E-state index in [2.05, 4.69) is 32.5 Å². The second-order valence-corrected chi connectivity index (χ2v) is 6.71. The zero-order valence-corrected chi connectivity index (χ0v) is 16.9. The number of ether oxygens (including phenoxy) is 1. The van der Waals surface area contributed by atoms with Gasteiger partial charge in [-0.2, -0.15) is 4.68 Å². The monoisotopic (exact) mass is 403 g/mol. The van der Waals surface area contributed by atoms with Crippen molar-refractivity contribution < 1.29 is 14.5 Å². The molecule has 0 aliphatic carbocycles. The van der Waals surface area contributed by atoms with E-state index in [0.717, 1.165) is 28.1 Å². The van der Waals surface area contributed by atoms with Gasteiger partial charge in [0, 0.05) is 29.6 Å². The van der Waals surface area contributed by atoms with Crippen molar-refractivity contribution in [3.63, 3.8) is 0 Å². The zero-order chi connectivity index (χ0) is 20.9. The van der Waals surface area contributed by atoms with Crippen LogP contribution in [0.4, 0.5) is 17.1 Å². The van der Waals surface area contributed by atoms with Crippen molar-refractivity contribution in [1.29, 1.82) is 0 Å². The fourth-order valence-corrected chi connectivity index (χ4v) is 3.09. The molecule has 8 heteroatoms. The Labute approximate surface area is 174 Å². The SMILES string of the molecule is CN(c1ccccc1)c1ccc(N=Nn2nc3cc(OCCO)ccc3[n+]2C)cc1. The second kappa shape index (κ2) is 8.71. The summed E-state index contributed by atoms with van der Waals surface area (Å²) in [6.45, 7) is 0.210. The summed E-state index contributed by atoms with van der Waals surface area (Å²) in [6.07, 6.45) is 0. The van der Waals surface area contributed by atoms with Gasteiger partial charge in [-0.15, -0.1) is 0 Å². The van der Waals surface area contributed by atoms with E-state index in [9.17, 15) is 0 Å². The van der Waals surface area contributed by atoms with Gasteiger partial charge in [0.1, 0.15) is 28.2 Å². The number of hydrogen-bond acceptors (Lipinski definition) is 6. The molecule has 0 amide bonds. The number of nitrogens with zero attached hydrogens (tertiary/aromatic N) is 6. The summed E-state index contributed by atoms with van der Waals surface area (Å²) in [6, 6.07) is 23.6. The van der Waals surface area contributed by atoms with Crippen molar-refractivity contribution >= 4 is 28.1 Å². The Balaban J connectivity index is 1.52. The van der Waals surface area contributed by atoms with Gasteiger partial charge in [0.2, 0.25) is 5.52 Å². The van der Waals surface area contributed by atoms with Gasteiger partial charge in [0.05, 0.1) is 13.7 Å². The highest BCUT2D eigenvalue weighted by atomic mass is 16.5. The number of aryl methyl sites for hydroxylation is 1. The highest BCUT2D eigenvalue weighted by Gasteiger charge is 2.15. The molecule has 1 N–H and O–H groups in total. The van der Waals surface area contributed by atoms with Crippen LogP contribution in [0.1, 0.15) is 0 Å². The molecule has 0 bridgehead atoms. The molecule has 4 rings (SSSR count). The molecule has 0 radical (unpaired) electrons. The molecule has 0 spiro atoms. The smallest absolute Gasteiger partial charge is 0.210 e. The van der Waals surface area contributed by atoms with Crippen LogP contribution in [0.25, 0.3) is 11.0 Å². The van der Waals surface area contributed by atoms with Gasteiger partial charge in [0.25, 0.3) is 0 Å². The lowest BCUT2D eigenvalue weighted by atomic mass is 10.2. The van der Waals surface area contributed by atoms with E-state index < -0.39 is 0 Å². The van der Waals surface area contributed by atoms with Crippen molar-refractivity contribution in [1.82, 2.24) is 10.0 Å². The van der Waals surface area contributed by atoms with Crippen molar-refractivity contribution in [3.05, 3.63) is 72.8 Å². The lowest BCUT2D eigenvalue weighted by Gasteiger charge is -2.19. The molecule has 0 aliphatic rings. The molecule has 8 nitrogen and oxygen atoms in total. The predicted molar refractivity (Wildman–Crippen MR) is 114 cm³/mol. The Morgan fingerprint density at radius 2 is 1.77 bits per heavy atom. The van der Waals surface area contributed by atoms with E-state index in [1.165, 1.54) is 4.91 Å². The van der Waals surface area contributed by atoms with Crippen LogP contribution in [0.15, 0.2) is 83.1 Å². The first kappa shape index (κ1) is 19.5. The average Bonchev–Trinajstić information content (AvgIpc) is 3.11. The Kier molecular flexibility index (Phi) is 5.67. The van der Waals surface area contributed by atoms with Crippen LogP contribution >= 0.6 is 0 Å². The molecule has 0 aliphatic heterocycles. The summed E-state index contributed by atoms with van der Waals surface area (Å²) in [5.41, 5.74) is 4.53. The largest absolute Gasteiger partial charge is 0.491 e. The Hall–Kier alpha value is -3.78. The number of aliphatic hydroxyl groups is 1. The van der Waals surface area contributed by atoms with E-state index in [1.54, 1.807) is 4.68 Å². The molecule has 3 aromatic carbocycles. The minimum atomic E-state index is -0.0333. The first-order chi connectivity index (χ1) is 14.7. The van der Waals surface area contributed by atoms with E-state index in [0.29, 0.717) is 5.75 Å². The second-order valence-electron chi connectivity index (χ2n) is 6.71. The van der Waals surface area contributed by atoms with Gasteiger partial charge in [-0.05, 0) is 48.5 Å². The van der Waals surface area contributed by atoms with Gasteiger partial charge in [-0.3, -0.25) is 0 Å². The highest BCUT2D eigenvalue weighted by Crippen LogP contribution is 2.25. The molecular formula is C22H23N6O2+. The van der Waals surface area contributed by atoms with Crippen LogP contribution in [0, 0.1) is 0 Å². The summed E-state index contributed by atoms with van der Waals surface area (Å²) in [4.78, 5) is 3.54. The lowest BCUT2D eigenvalue weighted by Crippen LogP contribution is -2.37. The van der Waals surface area contributed by atoms with E-state index in [1.807, 2.05) is 74.8 Å². The molecule has 0 fully saturated rings. The van der Waals surface area contributed by atoms with Crippen LogP contribution in [0.3, 0.4) is 0 Å². The Bertz CT molecular complexity index is 1160. The number of benzene rings is 3. The number of aromatic nitrogens is 3. The standard InChI is InChI=1S/C22H23N6O2/c1-26(18-6-4-3-5-7-18)19-10-8-17(9-11-19)23-25-28-24-21-16-20(30-15-14-29)12-13-22(21)27(28)2/h3-13,16,29H,14-15H2,1-2H3/q+1. The Morgan fingerprint density at radius 1 is 1.03 bits per heavy atom. The predicted octanol–water partition coefficient (Wildman–Crippen LogP) is 3.55. The molecule has 30 heavy (non-hydrogen) atoms. The lowest BCUT2D eigenvalue weighted by molar-refractivity contribution is -0.734. The summed E-state index contributed by atoms with van der Waals surface area (Å²) in [5.74, 6) is 0.650. The zero-order valence-electron chi connectivity index (χ0n) is 16.9. The van der Waals surface area contributed by atoms with E-state index in [4.69, 9.17) is 9.84 Å². The van der Waals surface area contributed by atoms with Gasteiger partial charge in [0.15, 0.2) is 5.52 Å². The van der Waals surface area contributed by atoms with E-state index >= 15 is 0 Å². The fraction of sp³-hybridized carbons (Fsp3) is 0.182. The number of aliphatic hydroxyl groups excluding tert-OH is 1. The topological polar surface area (TPSA) is 79.1 Å². The van der Waals surface area contributed by atoms with Crippen molar-refractivity contribution in [3.8, 4) is 5.75 Å². The third-order valence-corrected chi connectivity index (χ3v) is 4.74. The highest BCUT2D eigenvalue weighted by molar-refractivity contribution is 5.72. The van der Waals surface area contributed by atoms with Crippen LogP contribution in [-0.2, 0) is 7.05 Å². The van der Waals surface area contributed by atoms with Gasteiger partial charge < -0.3 is 14.7 Å². The van der Waals surface area contributed by atoms with Crippen LogP contribution in [0.5, 0.6) is 5.75 Å². The minimum Gasteiger partial charge on any atom is -0.491 e. The van der Waals surface area contributed by atoms with Gasteiger partial charge in [-0.1, -0.05) is 23.3 Å². The van der Waals surface area contributed by atoms with E-state index in [-0.39, 0.29) is 13.2 Å². The quantitative estimate of drug-likeness (QED) is 0.378. The van der Waals surface area contributed by atoms with Crippen LogP contribution < -0.4 is 14.3 Å². The molecule has 1 aromatic heterocycles. The summed E-state index contributed by atoms with van der Waals surface area (Å²) < 4.78 is 7.24. The third-order valence-electron chi connectivity index (χ3n) is 4.74. The maximum Gasteiger partial charge on any atom is 0.210 e. The molecule has 0 unspecified atom stereocenters. The third kappa shape index (κ3) is 4.13. The van der Waals surface area contributed by atoms with Crippen LogP contribution in [-0.4, -0.2) is 35.4 Å².